The topological polar surface area (TPSA) is 132 Å². The number of nitrogens with two attached hydrogens (primary N) is 1. The van der Waals surface area contributed by atoms with Gasteiger partial charge in [0.2, 0.25) is 0 Å². The Kier molecular flexibility index (Phi) is 7.50. The van der Waals surface area contributed by atoms with Crippen LogP contribution in [-0.4, -0.2) is 65.2 Å². The van der Waals surface area contributed by atoms with Crippen LogP contribution in [0.25, 0.3) is 11.4 Å². The molecule has 2 N–H and O–H groups in total. The Bertz CT molecular complexity index is 1210. The lowest BCUT2D eigenvalue weighted by Gasteiger charge is -2.29. The van der Waals surface area contributed by atoms with E-state index >= 15 is 0 Å². The third-order valence-corrected chi connectivity index (χ3v) is 5.13. The number of hydrogen-bond acceptors (Lipinski definition) is 8. The van der Waals surface area contributed by atoms with Gasteiger partial charge in [0.15, 0.2) is 5.84 Å². The molecule has 2 aromatic heterocycles. The number of aliphatic imine (C=N–C) groups is 2. The molecule has 3 aromatic rings. The van der Waals surface area contributed by atoms with Gasteiger partial charge in [-0.15, -0.1) is 5.11 Å². The van der Waals surface area contributed by atoms with Gasteiger partial charge in [0.05, 0.1) is 37.9 Å². The Hall–Kier alpha value is -4.19. The zero-order valence-electron chi connectivity index (χ0n) is 18.6. The highest BCUT2D eigenvalue weighted by Gasteiger charge is 2.18. The molecule has 0 aliphatic carbocycles. The first kappa shape index (κ1) is 23.0. The minimum atomic E-state index is -0.308. The molecule has 1 aromatic carbocycles. The van der Waals surface area contributed by atoms with E-state index in [2.05, 4.69) is 35.5 Å². The van der Waals surface area contributed by atoms with Crippen molar-refractivity contribution < 1.29 is 13.7 Å². The average Bonchev–Trinajstić information content (AvgIpc) is 3.53. The summed E-state index contributed by atoms with van der Waals surface area (Å²) in [6, 6.07) is 10.1. The van der Waals surface area contributed by atoms with E-state index < -0.39 is 0 Å². The zero-order valence-corrected chi connectivity index (χ0v) is 18.6. The van der Waals surface area contributed by atoms with Crippen LogP contribution in [0.5, 0.6) is 0 Å². The maximum atomic E-state index is 14.2. The summed E-state index contributed by atoms with van der Waals surface area (Å²) >= 11 is 0. The molecule has 1 fully saturated rings. The summed E-state index contributed by atoms with van der Waals surface area (Å²) in [5, 5.41) is 15.8. The maximum Gasteiger partial charge on any atom is 0.196 e. The van der Waals surface area contributed by atoms with Crippen molar-refractivity contribution in [3.05, 3.63) is 71.6 Å². The molecule has 0 spiro atoms. The number of morpholine rings is 1. The summed E-state index contributed by atoms with van der Waals surface area (Å²) in [6.45, 7) is 2.71. The minimum absolute atomic E-state index is 0.223. The predicted molar refractivity (Wildman–Crippen MR) is 124 cm³/mol. The first-order valence-electron chi connectivity index (χ1n) is 10.6. The van der Waals surface area contributed by atoms with Crippen LogP contribution in [0.1, 0.15) is 11.3 Å². The molecule has 4 rings (SSSR count). The normalized spacial score (nSPS) is 15.6. The summed E-state index contributed by atoms with van der Waals surface area (Å²) in [5.74, 6) is 5.30. The third-order valence-electron chi connectivity index (χ3n) is 5.13. The van der Waals surface area contributed by atoms with E-state index in [1.807, 2.05) is 0 Å². The van der Waals surface area contributed by atoms with Crippen LogP contribution >= 0.6 is 0 Å². The van der Waals surface area contributed by atoms with E-state index in [9.17, 15) is 4.39 Å². The molecule has 1 aliphatic heterocycles. The maximum absolute atomic E-state index is 14.2. The lowest BCUT2D eigenvalue weighted by atomic mass is 10.2. The van der Waals surface area contributed by atoms with Crippen molar-refractivity contribution in [1.82, 2.24) is 19.8 Å². The van der Waals surface area contributed by atoms with Gasteiger partial charge in [-0.3, -0.25) is 14.7 Å². The highest BCUT2D eigenvalue weighted by molar-refractivity contribution is 5.98. The monoisotopic (exact) mass is 465 g/mol. The number of benzene rings is 1. The molecule has 0 radical (unpaired) electrons. The molecule has 0 unspecified atom stereocenters. The zero-order chi connectivity index (χ0) is 23.8. The summed E-state index contributed by atoms with van der Waals surface area (Å²) < 4.78 is 26.3. The Morgan fingerprint density at radius 3 is 2.76 bits per heavy atom. The number of nitrogens with zero attached hydrogens (tertiary/aromatic N) is 8. The molecule has 1 aliphatic rings. The van der Waals surface area contributed by atoms with Crippen LogP contribution in [0.4, 0.5) is 4.39 Å². The fraction of sp³-hybridized carbons (Fsp3) is 0.273. The van der Waals surface area contributed by atoms with E-state index in [4.69, 9.17) is 15.1 Å². The molecule has 176 valence electrons. The highest BCUT2D eigenvalue weighted by Crippen LogP contribution is 2.20. The number of rotatable bonds is 7. The van der Waals surface area contributed by atoms with Crippen LogP contribution in [0, 0.1) is 5.82 Å². The van der Waals surface area contributed by atoms with Gasteiger partial charge in [-0.1, -0.05) is 28.6 Å². The largest absolute Gasteiger partial charge is 0.378 e. The van der Waals surface area contributed by atoms with Crippen LogP contribution in [0.15, 0.2) is 79.4 Å². The van der Waals surface area contributed by atoms with E-state index in [0.717, 1.165) is 0 Å². The second-order valence-corrected chi connectivity index (χ2v) is 7.24. The van der Waals surface area contributed by atoms with Gasteiger partial charge in [0.25, 0.3) is 0 Å². The summed E-state index contributed by atoms with van der Waals surface area (Å²) in [5.41, 5.74) is 2.98. The van der Waals surface area contributed by atoms with Crippen molar-refractivity contribution in [2.45, 2.75) is 6.54 Å². The van der Waals surface area contributed by atoms with Crippen molar-refractivity contribution in [2.24, 2.45) is 26.2 Å². The van der Waals surface area contributed by atoms with E-state index in [1.54, 1.807) is 54.5 Å². The molecular weight excluding hydrogens is 441 g/mol. The lowest BCUT2D eigenvalue weighted by molar-refractivity contribution is 0.0563. The highest BCUT2D eigenvalue weighted by atomic mass is 19.1. The van der Waals surface area contributed by atoms with E-state index in [1.165, 1.54) is 12.3 Å². The number of aromatic nitrogens is 3. The van der Waals surface area contributed by atoms with Gasteiger partial charge in [-0.2, -0.15) is 5.10 Å². The second-order valence-electron chi connectivity index (χ2n) is 7.24. The quantitative estimate of drug-likeness (QED) is 0.188. The number of ether oxygens (including phenoxy) is 1. The molecular formula is C22H24FN9O2. The molecule has 0 bridgehead atoms. The van der Waals surface area contributed by atoms with Gasteiger partial charge in [-0.25, -0.2) is 4.39 Å². The Labute approximate surface area is 195 Å². The Morgan fingerprint density at radius 1 is 1.24 bits per heavy atom. The molecule has 11 nitrogen and oxygen atoms in total. The van der Waals surface area contributed by atoms with E-state index in [0.29, 0.717) is 60.5 Å². The second kappa shape index (κ2) is 11.1. The fourth-order valence-corrected chi connectivity index (χ4v) is 3.49. The van der Waals surface area contributed by atoms with Gasteiger partial charge in [0, 0.05) is 31.8 Å². The average molecular weight is 465 g/mol. The predicted octanol–water partition coefficient (Wildman–Crippen LogP) is 2.67. The third kappa shape index (κ3) is 5.41. The summed E-state index contributed by atoms with van der Waals surface area (Å²) in [4.78, 5) is 10.7. The van der Waals surface area contributed by atoms with Gasteiger partial charge < -0.3 is 20.0 Å². The summed E-state index contributed by atoms with van der Waals surface area (Å²) in [7, 11) is 1.61. The van der Waals surface area contributed by atoms with Crippen molar-refractivity contribution in [3.63, 3.8) is 0 Å². The van der Waals surface area contributed by atoms with Crippen molar-refractivity contribution in [1.29, 1.82) is 0 Å². The fourth-order valence-electron chi connectivity index (χ4n) is 3.49. The molecule has 0 saturated carbocycles. The van der Waals surface area contributed by atoms with E-state index in [-0.39, 0.29) is 12.4 Å². The minimum Gasteiger partial charge on any atom is -0.378 e. The van der Waals surface area contributed by atoms with Gasteiger partial charge in [0.1, 0.15) is 29.2 Å². The number of hydrogen-bond donors (Lipinski definition) is 1. The lowest BCUT2D eigenvalue weighted by Crippen LogP contribution is -2.37. The van der Waals surface area contributed by atoms with Crippen molar-refractivity contribution in [2.75, 3.05) is 33.4 Å². The van der Waals surface area contributed by atoms with Gasteiger partial charge in [-0.05, 0) is 12.1 Å². The van der Waals surface area contributed by atoms with Crippen LogP contribution in [0.2, 0.25) is 0 Å². The summed E-state index contributed by atoms with van der Waals surface area (Å²) in [6.07, 6.45) is 4.70. The molecule has 1 saturated heterocycles. The molecule has 0 amide bonds. The molecule has 34 heavy (non-hydrogen) atoms. The first-order chi connectivity index (χ1) is 16.7. The molecule has 0 atom stereocenters. The Balaban J connectivity index is 1.64. The van der Waals surface area contributed by atoms with Crippen molar-refractivity contribution >= 4 is 12.1 Å². The van der Waals surface area contributed by atoms with Crippen LogP contribution < -0.4 is 5.84 Å². The van der Waals surface area contributed by atoms with Crippen LogP contribution in [0.3, 0.4) is 0 Å². The SMILES string of the molecule is CN=C(N=NN)/C(=C\N=Cc1cc(-c2ccon2)n(Cc2ccccc2F)n1)N1CCOCC1. The molecule has 3 heterocycles. The Morgan fingerprint density at radius 2 is 2.06 bits per heavy atom. The molecule has 12 heteroatoms. The number of amidine groups is 1. The first-order valence-corrected chi connectivity index (χ1v) is 10.6. The standard InChI is InChI=1S/C22H24FN9O2/c1-25-22(27-30-24)21(31-7-10-33-11-8-31)14-26-13-17-12-20(19-6-9-34-29-19)32(28-17)15-16-4-2-3-5-18(16)23/h2-6,9,12-14H,7-8,10-11,15H2,1H3,(H2,24,25,27)/b21-14+,26-13?. The van der Waals surface area contributed by atoms with Gasteiger partial charge >= 0.3 is 0 Å². The smallest absolute Gasteiger partial charge is 0.196 e. The van der Waals surface area contributed by atoms with Crippen molar-refractivity contribution in [3.8, 4) is 11.4 Å². The number of halogens is 1. The van der Waals surface area contributed by atoms with Crippen LogP contribution in [-0.2, 0) is 11.3 Å².